The van der Waals surface area contributed by atoms with Crippen molar-refractivity contribution in [2.24, 2.45) is 0 Å². The summed E-state index contributed by atoms with van der Waals surface area (Å²) >= 11 is 0. The summed E-state index contributed by atoms with van der Waals surface area (Å²) in [5.74, 6) is 0. The monoisotopic (exact) mass is 173 g/mol. The van der Waals surface area contributed by atoms with Crippen LogP contribution in [0.5, 0.6) is 0 Å². The van der Waals surface area contributed by atoms with Crippen LogP contribution in [0.3, 0.4) is 0 Å². The Morgan fingerprint density at radius 2 is 1.83 bits per heavy atom. The van der Waals surface area contributed by atoms with E-state index in [0.29, 0.717) is 6.54 Å². The van der Waals surface area contributed by atoms with Crippen molar-refractivity contribution in [2.45, 2.75) is 12.2 Å². The van der Waals surface area contributed by atoms with E-state index in [2.05, 4.69) is 15.5 Å². The number of halogens is 1. The maximum atomic E-state index is 13.2. The molecule has 4 heteroatoms. The summed E-state index contributed by atoms with van der Waals surface area (Å²) < 4.78 is 13.2. The van der Waals surface area contributed by atoms with E-state index in [-0.39, 0.29) is 6.04 Å². The SMILES string of the molecule is F[C@@H]1CNC[C@@H]1N1CCNCC1. The van der Waals surface area contributed by atoms with Gasteiger partial charge in [-0.3, -0.25) is 4.90 Å². The smallest absolute Gasteiger partial charge is 0.129 e. The van der Waals surface area contributed by atoms with Crippen LogP contribution in [-0.4, -0.2) is 56.4 Å². The molecule has 0 radical (unpaired) electrons. The predicted molar refractivity (Wildman–Crippen MR) is 46.0 cm³/mol. The summed E-state index contributed by atoms with van der Waals surface area (Å²) in [6.07, 6.45) is -0.664. The van der Waals surface area contributed by atoms with Crippen LogP contribution in [0.1, 0.15) is 0 Å². The van der Waals surface area contributed by atoms with Crippen LogP contribution in [0.25, 0.3) is 0 Å². The second-order valence-corrected chi connectivity index (χ2v) is 3.53. The summed E-state index contributed by atoms with van der Waals surface area (Å²) in [7, 11) is 0. The lowest BCUT2D eigenvalue weighted by atomic mass is 10.2. The fourth-order valence-electron chi connectivity index (χ4n) is 2.00. The highest BCUT2D eigenvalue weighted by Crippen LogP contribution is 2.12. The lowest BCUT2D eigenvalue weighted by Gasteiger charge is -2.33. The van der Waals surface area contributed by atoms with Crippen LogP contribution < -0.4 is 10.6 Å². The maximum Gasteiger partial charge on any atom is 0.129 e. The Kier molecular flexibility index (Phi) is 2.58. The van der Waals surface area contributed by atoms with E-state index in [4.69, 9.17) is 0 Å². The van der Waals surface area contributed by atoms with Crippen LogP contribution in [0.4, 0.5) is 4.39 Å². The molecule has 2 aliphatic heterocycles. The van der Waals surface area contributed by atoms with Gasteiger partial charge < -0.3 is 10.6 Å². The third-order valence-electron chi connectivity index (χ3n) is 2.73. The molecular weight excluding hydrogens is 157 g/mol. The Bertz CT molecular complexity index is 147. The first-order valence-electron chi connectivity index (χ1n) is 4.67. The first kappa shape index (κ1) is 8.41. The molecule has 12 heavy (non-hydrogen) atoms. The summed E-state index contributed by atoms with van der Waals surface area (Å²) in [5.41, 5.74) is 0. The lowest BCUT2D eigenvalue weighted by Crippen LogP contribution is -2.51. The minimum absolute atomic E-state index is 0.132. The molecule has 2 heterocycles. The molecule has 2 N–H and O–H groups in total. The van der Waals surface area contributed by atoms with Gasteiger partial charge in [-0.25, -0.2) is 4.39 Å². The summed E-state index contributed by atoms with van der Waals surface area (Å²) in [6, 6.07) is 0.132. The summed E-state index contributed by atoms with van der Waals surface area (Å²) in [5, 5.41) is 6.35. The number of hydrogen-bond donors (Lipinski definition) is 2. The van der Waals surface area contributed by atoms with Gasteiger partial charge in [0.15, 0.2) is 0 Å². The van der Waals surface area contributed by atoms with Gasteiger partial charge in [-0.15, -0.1) is 0 Å². The van der Waals surface area contributed by atoms with E-state index in [1.807, 2.05) is 0 Å². The third kappa shape index (κ3) is 1.60. The van der Waals surface area contributed by atoms with Crippen molar-refractivity contribution in [1.29, 1.82) is 0 Å². The van der Waals surface area contributed by atoms with Crippen LogP contribution >= 0.6 is 0 Å². The maximum absolute atomic E-state index is 13.2. The van der Waals surface area contributed by atoms with Crippen molar-refractivity contribution in [3.63, 3.8) is 0 Å². The molecule has 2 atom stereocenters. The first-order valence-corrected chi connectivity index (χ1v) is 4.67. The molecule has 2 rings (SSSR count). The lowest BCUT2D eigenvalue weighted by molar-refractivity contribution is 0.129. The standard InChI is InChI=1S/C8H16FN3/c9-7-5-11-6-8(7)12-3-1-10-2-4-12/h7-8,10-11H,1-6H2/t7-,8+/m1/s1. The molecule has 0 aromatic rings. The molecule has 2 saturated heterocycles. The van der Waals surface area contributed by atoms with Gasteiger partial charge in [0.1, 0.15) is 6.17 Å². The van der Waals surface area contributed by atoms with Crippen molar-refractivity contribution in [3.8, 4) is 0 Å². The highest BCUT2D eigenvalue weighted by atomic mass is 19.1. The predicted octanol–water partition coefficient (Wildman–Crippen LogP) is -0.798. The van der Waals surface area contributed by atoms with Crippen molar-refractivity contribution in [3.05, 3.63) is 0 Å². The molecule has 2 fully saturated rings. The number of rotatable bonds is 1. The van der Waals surface area contributed by atoms with E-state index in [0.717, 1.165) is 32.7 Å². The normalized spacial score (nSPS) is 38.8. The molecule has 0 aliphatic carbocycles. The Morgan fingerprint density at radius 3 is 2.42 bits per heavy atom. The quantitative estimate of drug-likeness (QED) is 0.544. The van der Waals surface area contributed by atoms with Gasteiger partial charge in [-0.2, -0.15) is 0 Å². The van der Waals surface area contributed by atoms with E-state index in [1.165, 1.54) is 0 Å². The number of nitrogens with zero attached hydrogens (tertiary/aromatic N) is 1. The molecule has 0 aromatic carbocycles. The molecule has 0 saturated carbocycles. The average molecular weight is 173 g/mol. The van der Waals surface area contributed by atoms with Crippen molar-refractivity contribution in [2.75, 3.05) is 39.3 Å². The van der Waals surface area contributed by atoms with Gasteiger partial charge >= 0.3 is 0 Å². The minimum Gasteiger partial charge on any atom is -0.314 e. The zero-order valence-electron chi connectivity index (χ0n) is 7.22. The van der Waals surface area contributed by atoms with Gasteiger partial charge in [0, 0.05) is 39.3 Å². The zero-order chi connectivity index (χ0) is 8.39. The summed E-state index contributed by atoms with van der Waals surface area (Å²) in [6.45, 7) is 5.35. The van der Waals surface area contributed by atoms with Gasteiger partial charge in [0.25, 0.3) is 0 Å². The number of nitrogens with one attached hydrogen (secondary N) is 2. The van der Waals surface area contributed by atoms with Crippen molar-refractivity contribution < 1.29 is 4.39 Å². The Balaban J connectivity index is 1.89. The topological polar surface area (TPSA) is 27.3 Å². The third-order valence-corrected chi connectivity index (χ3v) is 2.73. The average Bonchev–Trinajstić information content (AvgIpc) is 2.53. The second-order valence-electron chi connectivity index (χ2n) is 3.53. The van der Waals surface area contributed by atoms with Gasteiger partial charge in [0.2, 0.25) is 0 Å². The van der Waals surface area contributed by atoms with Gasteiger partial charge in [-0.1, -0.05) is 0 Å². The van der Waals surface area contributed by atoms with Crippen molar-refractivity contribution >= 4 is 0 Å². The molecule has 2 aliphatic rings. The summed E-state index contributed by atoms with van der Waals surface area (Å²) in [4.78, 5) is 2.25. The van der Waals surface area contributed by atoms with Crippen molar-refractivity contribution in [1.82, 2.24) is 15.5 Å². The van der Waals surface area contributed by atoms with Crippen LogP contribution in [-0.2, 0) is 0 Å². The largest absolute Gasteiger partial charge is 0.314 e. The van der Waals surface area contributed by atoms with Crippen LogP contribution in [0.15, 0.2) is 0 Å². The molecule has 3 nitrogen and oxygen atoms in total. The Morgan fingerprint density at radius 1 is 1.08 bits per heavy atom. The zero-order valence-corrected chi connectivity index (χ0v) is 7.22. The van der Waals surface area contributed by atoms with E-state index in [9.17, 15) is 4.39 Å². The Labute approximate surface area is 72.3 Å². The highest BCUT2D eigenvalue weighted by molar-refractivity contribution is 4.90. The molecule has 0 spiro atoms. The highest BCUT2D eigenvalue weighted by Gasteiger charge is 2.32. The molecule has 0 amide bonds. The van der Waals surface area contributed by atoms with E-state index < -0.39 is 6.17 Å². The molecule has 0 unspecified atom stereocenters. The molecule has 70 valence electrons. The Hall–Kier alpha value is -0.190. The molecule has 0 bridgehead atoms. The van der Waals surface area contributed by atoms with Gasteiger partial charge in [-0.05, 0) is 0 Å². The van der Waals surface area contributed by atoms with E-state index >= 15 is 0 Å². The van der Waals surface area contributed by atoms with Crippen LogP contribution in [0, 0.1) is 0 Å². The fourth-order valence-corrected chi connectivity index (χ4v) is 2.00. The van der Waals surface area contributed by atoms with Crippen LogP contribution in [0.2, 0.25) is 0 Å². The fraction of sp³-hybridized carbons (Fsp3) is 1.00. The number of hydrogen-bond acceptors (Lipinski definition) is 3. The molecular formula is C8H16FN3. The molecule has 0 aromatic heterocycles. The minimum atomic E-state index is -0.664. The first-order chi connectivity index (χ1) is 5.88. The number of alkyl halides is 1. The van der Waals surface area contributed by atoms with E-state index in [1.54, 1.807) is 0 Å². The van der Waals surface area contributed by atoms with Gasteiger partial charge in [0.05, 0.1) is 6.04 Å². The second kappa shape index (κ2) is 3.68. The number of piperazine rings is 1.